The van der Waals surface area contributed by atoms with Crippen molar-refractivity contribution in [3.63, 3.8) is 0 Å². The van der Waals surface area contributed by atoms with Crippen molar-refractivity contribution in [2.45, 2.75) is 19.3 Å². The molecule has 0 aromatic heterocycles. The topological polar surface area (TPSA) is 55.1 Å². The lowest BCUT2D eigenvalue weighted by molar-refractivity contribution is -0.123. The van der Waals surface area contributed by atoms with Crippen molar-refractivity contribution in [2.75, 3.05) is 12.3 Å². The van der Waals surface area contributed by atoms with E-state index in [1.165, 1.54) is 18.2 Å². The molecule has 0 fully saturated rings. The van der Waals surface area contributed by atoms with Crippen LogP contribution in [-0.2, 0) is 0 Å². The lowest BCUT2D eigenvalue weighted by atomic mass is 10.1. The summed E-state index contributed by atoms with van der Waals surface area (Å²) in [6, 6.07) is 4.21. The predicted octanol–water partition coefficient (Wildman–Crippen LogP) is 2.21. The smallest absolute Gasteiger partial charge is 0.324 e. The van der Waals surface area contributed by atoms with Crippen molar-refractivity contribution < 1.29 is 22.4 Å². The first-order valence-corrected chi connectivity index (χ1v) is 5.04. The molecule has 0 radical (unpaired) electrons. The number of hydrogen-bond acceptors (Lipinski definition) is 2. The van der Waals surface area contributed by atoms with Crippen LogP contribution in [0.1, 0.15) is 15.9 Å². The number of alkyl halides is 4. The predicted molar refractivity (Wildman–Crippen MR) is 58.9 cm³/mol. The van der Waals surface area contributed by atoms with Gasteiger partial charge in [-0.15, -0.1) is 0 Å². The number of rotatable bonds is 4. The summed E-state index contributed by atoms with van der Waals surface area (Å²) in [4.78, 5) is 11.4. The fourth-order valence-electron chi connectivity index (χ4n) is 1.16. The van der Waals surface area contributed by atoms with Crippen LogP contribution in [0.25, 0.3) is 0 Å². The lowest BCUT2D eigenvalue weighted by Gasteiger charge is -2.15. The van der Waals surface area contributed by atoms with Gasteiger partial charge in [-0.05, 0) is 24.6 Å². The molecule has 0 aliphatic carbocycles. The molecule has 7 heteroatoms. The molecule has 18 heavy (non-hydrogen) atoms. The van der Waals surface area contributed by atoms with Gasteiger partial charge in [-0.25, -0.2) is 8.78 Å². The van der Waals surface area contributed by atoms with E-state index in [0.29, 0.717) is 5.69 Å². The van der Waals surface area contributed by atoms with E-state index >= 15 is 0 Å². The van der Waals surface area contributed by atoms with Crippen LogP contribution in [0.5, 0.6) is 0 Å². The molecule has 0 unspecified atom stereocenters. The molecule has 1 aromatic rings. The quantitative estimate of drug-likeness (QED) is 0.647. The number of carbonyl (C=O) groups excluding carboxylic acids is 1. The highest BCUT2D eigenvalue weighted by molar-refractivity contribution is 5.95. The third kappa shape index (κ3) is 3.35. The number of benzene rings is 1. The molecule has 0 saturated carbocycles. The summed E-state index contributed by atoms with van der Waals surface area (Å²) in [7, 11) is 0. The van der Waals surface area contributed by atoms with Gasteiger partial charge in [0.25, 0.3) is 5.91 Å². The van der Waals surface area contributed by atoms with E-state index in [4.69, 9.17) is 5.73 Å². The van der Waals surface area contributed by atoms with Crippen molar-refractivity contribution in [3.8, 4) is 0 Å². The number of aryl methyl sites for hydroxylation is 1. The zero-order chi connectivity index (χ0) is 13.9. The number of nitrogens with one attached hydrogen (secondary N) is 1. The molecular formula is C11H12F4N2O. The molecule has 1 aromatic carbocycles. The second kappa shape index (κ2) is 5.24. The molecule has 1 rings (SSSR count). The minimum atomic E-state index is -4.24. The fourth-order valence-corrected chi connectivity index (χ4v) is 1.16. The van der Waals surface area contributed by atoms with Gasteiger partial charge >= 0.3 is 12.3 Å². The summed E-state index contributed by atoms with van der Waals surface area (Å²) >= 11 is 0. The summed E-state index contributed by atoms with van der Waals surface area (Å²) in [6.45, 7) is 0.291. The van der Waals surface area contributed by atoms with Gasteiger partial charge in [-0.3, -0.25) is 4.79 Å². The van der Waals surface area contributed by atoms with Gasteiger partial charge in [-0.2, -0.15) is 8.78 Å². The Morgan fingerprint density at radius 3 is 2.56 bits per heavy atom. The Morgan fingerprint density at radius 1 is 1.44 bits per heavy atom. The zero-order valence-electron chi connectivity index (χ0n) is 9.51. The fraction of sp³-hybridized carbons (Fsp3) is 0.364. The van der Waals surface area contributed by atoms with E-state index < -0.39 is 24.8 Å². The Morgan fingerprint density at radius 2 is 2.06 bits per heavy atom. The number of nitrogen functional groups attached to an aromatic ring is 1. The highest BCUT2D eigenvalue weighted by Gasteiger charge is 2.40. The maximum atomic E-state index is 12.6. The molecule has 0 aliphatic heterocycles. The highest BCUT2D eigenvalue weighted by atomic mass is 19.3. The molecular weight excluding hydrogens is 252 g/mol. The van der Waals surface area contributed by atoms with Crippen molar-refractivity contribution in [1.82, 2.24) is 5.32 Å². The second-order valence-corrected chi connectivity index (χ2v) is 3.82. The van der Waals surface area contributed by atoms with Gasteiger partial charge in [0.15, 0.2) is 0 Å². The average molecular weight is 264 g/mol. The molecule has 0 heterocycles. The summed E-state index contributed by atoms with van der Waals surface area (Å²) < 4.78 is 48.9. The summed E-state index contributed by atoms with van der Waals surface area (Å²) in [5.74, 6) is -5.12. The largest absolute Gasteiger partial charge is 0.398 e. The van der Waals surface area contributed by atoms with Crippen LogP contribution in [0, 0.1) is 6.92 Å². The van der Waals surface area contributed by atoms with Gasteiger partial charge < -0.3 is 11.1 Å². The van der Waals surface area contributed by atoms with Crippen LogP contribution in [-0.4, -0.2) is 24.8 Å². The van der Waals surface area contributed by atoms with E-state index in [1.807, 2.05) is 0 Å². The highest BCUT2D eigenvalue weighted by Crippen LogP contribution is 2.21. The normalized spacial score (nSPS) is 11.7. The molecule has 0 spiro atoms. The van der Waals surface area contributed by atoms with Gasteiger partial charge in [0, 0.05) is 11.3 Å². The van der Waals surface area contributed by atoms with E-state index in [1.54, 1.807) is 12.2 Å². The maximum absolute atomic E-state index is 12.6. The lowest BCUT2D eigenvalue weighted by Crippen LogP contribution is -2.41. The summed E-state index contributed by atoms with van der Waals surface area (Å²) in [5, 5.41) is 1.74. The Balaban J connectivity index is 2.69. The van der Waals surface area contributed by atoms with Crippen LogP contribution >= 0.6 is 0 Å². The minimum Gasteiger partial charge on any atom is -0.398 e. The van der Waals surface area contributed by atoms with Crippen LogP contribution in [0.4, 0.5) is 23.2 Å². The third-order valence-electron chi connectivity index (χ3n) is 2.35. The molecule has 100 valence electrons. The molecule has 0 atom stereocenters. The Hall–Kier alpha value is -1.79. The van der Waals surface area contributed by atoms with E-state index in [-0.39, 0.29) is 5.56 Å². The van der Waals surface area contributed by atoms with Crippen LogP contribution in [0.3, 0.4) is 0 Å². The first-order chi connectivity index (χ1) is 8.24. The number of hydrogen-bond donors (Lipinski definition) is 2. The maximum Gasteiger partial charge on any atom is 0.324 e. The molecule has 3 N–H and O–H groups in total. The Bertz CT molecular complexity index is 449. The number of carbonyl (C=O) groups is 1. The van der Waals surface area contributed by atoms with Gasteiger partial charge in [0.2, 0.25) is 0 Å². The number of nitrogens with two attached hydrogens (primary N) is 1. The molecule has 0 aliphatic rings. The van der Waals surface area contributed by atoms with Gasteiger partial charge in [-0.1, -0.05) is 6.07 Å². The van der Waals surface area contributed by atoms with Crippen LogP contribution < -0.4 is 11.1 Å². The molecule has 1 amide bonds. The van der Waals surface area contributed by atoms with E-state index in [0.717, 1.165) is 5.56 Å². The molecule has 0 saturated heterocycles. The van der Waals surface area contributed by atoms with Crippen LogP contribution in [0.15, 0.2) is 18.2 Å². The Labute approximate surface area is 101 Å². The van der Waals surface area contributed by atoms with Gasteiger partial charge in [0.1, 0.15) is 0 Å². The summed E-state index contributed by atoms with van der Waals surface area (Å²) in [5.41, 5.74) is 6.63. The van der Waals surface area contributed by atoms with Crippen LogP contribution in [0.2, 0.25) is 0 Å². The first kappa shape index (κ1) is 14.3. The van der Waals surface area contributed by atoms with Crippen molar-refractivity contribution >= 4 is 11.6 Å². The monoisotopic (exact) mass is 264 g/mol. The second-order valence-electron chi connectivity index (χ2n) is 3.82. The first-order valence-electron chi connectivity index (χ1n) is 5.04. The SMILES string of the molecule is Cc1ccc(C(=O)NCC(F)(F)C(F)F)cc1N. The van der Waals surface area contributed by atoms with E-state index in [2.05, 4.69) is 0 Å². The van der Waals surface area contributed by atoms with Crippen molar-refractivity contribution in [1.29, 1.82) is 0 Å². The minimum absolute atomic E-state index is 0.0446. The number of anilines is 1. The van der Waals surface area contributed by atoms with E-state index in [9.17, 15) is 22.4 Å². The number of halogens is 4. The average Bonchev–Trinajstić information content (AvgIpc) is 2.29. The molecule has 0 bridgehead atoms. The van der Waals surface area contributed by atoms with Gasteiger partial charge in [0.05, 0.1) is 6.54 Å². The van der Waals surface area contributed by atoms with Crippen molar-refractivity contribution in [3.05, 3.63) is 29.3 Å². The third-order valence-corrected chi connectivity index (χ3v) is 2.35. The standard InChI is InChI=1S/C11H12F4N2O/c1-6-2-3-7(4-8(6)16)9(18)17-5-11(14,15)10(12)13/h2-4,10H,5,16H2,1H3,(H,17,18). The molecule has 3 nitrogen and oxygen atoms in total. The zero-order valence-corrected chi connectivity index (χ0v) is 9.51. The van der Waals surface area contributed by atoms with Crippen molar-refractivity contribution in [2.24, 2.45) is 0 Å². The Kier molecular flexibility index (Phi) is 4.15. The summed E-state index contributed by atoms with van der Waals surface area (Å²) in [6.07, 6.45) is -3.82. The number of amides is 1.